The molecule has 3 rings (SSSR count). The number of fused-ring (bicyclic) bond motifs is 1. The van der Waals surface area contributed by atoms with Crippen LogP contribution in [0.5, 0.6) is 0 Å². The van der Waals surface area contributed by atoms with Crippen molar-refractivity contribution < 1.29 is 4.79 Å². The molecule has 0 fully saturated rings. The normalized spacial score (nSPS) is 13.7. The van der Waals surface area contributed by atoms with Crippen LogP contribution in [0.4, 0.5) is 11.4 Å². The Balaban J connectivity index is 1.98. The zero-order chi connectivity index (χ0) is 13.6. The molecular weight excluding hydrogens is 280 g/mol. The van der Waals surface area contributed by atoms with Gasteiger partial charge in [0.2, 0.25) is 0 Å². The van der Waals surface area contributed by atoms with Crippen LogP contribution in [0.25, 0.3) is 0 Å². The number of hydrogen-bond donors (Lipinski definition) is 1. The van der Waals surface area contributed by atoms with Gasteiger partial charge in [-0.15, -0.1) is 11.3 Å². The molecule has 19 heavy (non-hydrogen) atoms. The van der Waals surface area contributed by atoms with Crippen LogP contribution in [-0.4, -0.2) is 12.5 Å². The van der Waals surface area contributed by atoms with Crippen LogP contribution >= 0.6 is 22.9 Å². The quantitative estimate of drug-likeness (QED) is 0.818. The number of benzene rings is 1. The summed E-state index contributed by atoms with van der Waals surface area (Å²) in [7, 11) is 0. The van der Waals surface area contributed by atoms with Crippen LogP contribution in [0, 0.1) is 6.92 Å². The Hall–Kier alpha value is -1.52. The third-order valence-electron chi connectivity index (χ3n) is 3.34. The molecule has 0 aliphatic carbocycles. The van der Waals surface area contributed by atoms with Crippen LogP contribution in [-0.2, 0) is 6.42 Å². The smallest absolute Gasteiger partial charge is 0.269 e. The van der Waals surface area contributed by atoms with Crippen LogP contribution < -0.4 is 10.6 Å². The van der Waals surface area contributed by atoms with Crippen molar-refractivity contribution in [3.63, 3.8) is 0 Å². The van der Waals surface area contributed by atoms with Crippen molar-refractivity contribution in [1.82, 2.24) is 0 Å². The van der Waals surface area contributed by atoms with E-state index in [0.717, 1.165) is 28.9 Å². The lowest BCUT2D eigenvalue weighted by atomic mass is 10.1. The first-order chi connectivity index (χ1) is 9.08. The first-order valence-electron chi connectivity index (χ1n) is 6.02. The van der Waals surface area contributed by atoms with Gasteiger partial charge in [-0.2, -0.15) is 0 Å². The van der Waals surface area contributed by atoms with Gasteiger partial charge in [0.15, 0.2) is 0 Å². The maximum absolute atomic E-state index is 12.5. The molecule has 0 saturated heterocycles. The SMILES string of the molecule is Cc1csc(C(=O)N2CCc3cc(N)ccc32)c1Cl. The summed E-state index contributed by atoms with van der Waals surface area (Å²) in [6.45, 7) is 2.60. The number of aryl methyl sites for hydroxylation is 1. The summed E-state index contributed by atoms with van der Waals surface area (Å²) < 4.78 is 0. The van der Waals surface area contributed by atoms with E-state index in [0.29, 0.717) is 16.4 Å². The summed E-state index contributed by atoms with van der Waals surface area (Å²) in [6, 6.07) is 5.67. The highest BCUT2D eigenvalue weighted by molar-refractivity contribution is 7.13. The highest BCUT2D eigenvalue weighted by Gasteiger charge is 2.28. The van der Waals surface area contributed by atoms with Gasteiger partial charge < -0.3 is 10.6 Å². The average molecular weight is 293 g/mol. The molecule has 3 nitrogen and oxygen atoms in total. The topological polar surface area (TPSA) is 46.3 Å². The van der Waals surface area contributed by atoms with E-state index in [4.69, 9.17) is 17.3 Å². The third-order valence-corrected chi connectivity index (χ3v) is 5.02. The van der Waals surface area contributed by atoms with Crippen LogP contribution in [0.2, 0.25) is 5.02 Å². The van der Waals surface area contributed by atoms with E-state index in [-0.39, 0.29) is 5.91 Å². The van der Waals surface area contributed by atoms with E-state index < -0.39 is 0 Å². The zero-order valence-corrected chi connectivity index (χ0v) is 12.0. The summed E-state index contributed by atoms with van der Waals surface area (Å²) in [4.78, 5) is 14.9. The number of nitrogen functional groups attached to an aromatic ring is 1. The Kier molecular flexibility index (Phi) is 2.99. The van der Waals surface area contributed by atoms with Crippen molar-refractivity contribution in [3.05, 3.63) is 44.6 Å². The fourth-order valence-electron chi connectivity index (χ4n) is 2.33. The molecule has 1 aliphatic rings. The Morgan fingerprint density at radius 3 is 2.95 bits per heavy atom. The highest BCUT2D eigenvalue weighted by atomic mass is 35.5. The molecule has 0 bridgehead atoms. The molecule has 98 valence electrons. The van der Waals surface area contributed by atoms with Gasteiger partial charge in [0.1, 0.15) is 4.88 Å². The molecule has 1 aromatic carbocycles. The van der Waals surface area contributed by atoms with Crippen molar-refractivity contribution in [2.75, 3.05) is 17.2 Å². The molecule has 2 N–H and O–H groups in total. The maximum atomic E-state index is 12.5. The average Bonchev–Trinajstić information content (AvgIpc) is 2.94. The van der Waals surface area contributed by atoms with Gasteiger partial charge in [-0.05, 0) is 48.1 Å². The minimum absolute atomic E-state index is 0.0216. The number of hydrogen-bond acceptors (Lipinski definition) is 3. The standard InChI is InChI=1S/C14H13ClN2OS/c1-8-7-19-13(12(8)15)14(18)17-5-4-9-6-10(16)2-3-11(9)17/h2-3,6-7H,4-5,16H2,1H3. The molecule has 0 radical (unpaired) electrons. The van der Waals surface area contributed by atoms with Gasteiger partial charge in [-0.3, -0.25) is 4.79 Å². The number of carbonyl (C=O) groups excluding carboxylic acids is 1. The van der Waals surface area contributed by atoms with Crippen molar-refractivity contribution in [2.24, 2.45) is 0 Å². The molecule has 1 aromatic heterocycles. The molecule has 5 heteroatoms. The Labute approximate surface area is 120 Å². The minimum atomic E-state index is -0.0216. The second kappa shape index (κ2) is 4.54. The lowest BCUT2D eigenvalue weighted by molar-refractivity contribution is 0.0993. The fraction of sp³-hybridized carbons (Fsp3) is 0.214. The number of anilines is 2. The predicted molar refractivity (Wildman–Crippen MR) is 80.3 cm³/mol. The van der Waals surface area contributed by atoms with Crippen LogP contribution in [0.1, 0.15) is 20.8 Å². The number of rotatable bonds is 1. The predicted octanol–water partition coefficient (Wildman–Crippen LogP) is 3.50. The van der Waals surface area contributed by atoms with Gasteiger partial charge in [0.25, 0.3) is 5.91 Å². The Morgan fingerprint density at radius 1 is 1.47 bits per heavy atom. The number of nitrogens with zero attached hydrogens (tertiary/aromatic N) is 1. The third kappa shape index (κ3) is 2.01. The summed E-state index contributed by atoms with van der Waals surface area (Å²) in [6.07, 6.45) is 0.841. The van der Waals surface area contributed by atoms with E-state index >= 15 is 0 Å². The maximum Gasteiger partial charge on any atom is 0.269 e. The number of thiophene rings is 1. The summed E-state index contributed by atoms with van der Waals surface area (Å²) in [5.74, 6) is -0.0216. The monoisotopic (exact) mass is 292 g/mol. The molecule has 0 spiro atoms. The summed E-state index contributed by atoms with van der Waals surface area (Å²) in [5.41, 5.74) is 9.52. The summed E-state index contributed by atoms with van der Waals surface area (Å²) >= 11 is 7.58. The van der Waals surface area contributed by atoms with E-state index in [1.807, 2.05) is 30.5 Å². The van der Waals surface area contributed by atoms with Gasteiger partial charge >= 0.3 is 0 Å². The second-order valence-corrected chi connectivity index (χ2v) is 5.91. The van der Waals surface area contributed by atoms with Gasteiger partial charge in [-0.25, -0.2) is 0 Å². The number of carbonyl (C=O) groups is 1. The van der Waals surface area contributed by atoms with E-state index in [2.05, 4.69) is 0 Å². The van der Waals surface area contributed by atoms with E-state index in [1.165, 1.54) is 11.3 Å². The molecular formula is C14H13ClN2OS. The van der Waals surface area contributed by atoms with E-state index in [1.54, 1.807) is 4.90 Å². The zero-order valence-electron chi connectivity index (χ0n) is 10.4. The molecule has 0 unspecified atom stereocenters. The summed E-state index contributed by atoms with van der Waals surface area (Å²) in [5, 5.41) is 2.48. The molecule has 2 aromatic rings. The fourth-order valence-corrected chi connectivity index (χ4v) is 3.55. The largest absolute Gasteiger partial charge is 0.399 e. The van der Waals surface area contributed by atoms with Crippen molar-refractivity contribution >= 4 is 40.2 Å². The Morgan fingerprint density at radius 2 is 2.26 bits per heavy atom. The van der Waals surface area contributed by atoms with Crippen LogP contribution in [0.15, 0.2) is 23.6 Å². The van der Waals surface area contributed by atoms with Gasteiger partial charge in [0.05, 0.1) is 5.02 Å². The van der Waals surface area contributed by atoms with Gasteiger partial charge in [-0.1, -0.05) is 11.6 Å². The number of nitrogens with two attached hydrogens (primary N) is 1. The first-order valence-corrected chi connectivity index (χ1v) is 7.27. The lowest BCUT2D eigenvalue weighted by Crippen LogP contribution is -2.28. The minimum Gasteiger partial charge on any atom is -0.399 e. The first kappa shape index (κ1) is 12.5. The number of halogens is 1. The molecule has 2 heterocycles. The van der Waals surface area contributed by atoms with Crippen molar-refractivity contribution in [1.29, 1.82) is 0 Å². The Bertz CT molecular complexity index is 665. The molecule has 1 aliphatic heterocycles. The lowest BCUT2D eigenvalue weighted by Gasteiger charge is -2.16. The van der Waals surface area contributed by atoms with Crippen LogP contribution in [0.3, 0.4) is 0 Å². The number of amides is 1. The highest BCUT2D eigenvalue weighted by Crippen LogP contribution is 2.34. The molecule has 1 amide bonds. The molecule has 0 atom stereocenters. The van der Waals surface area contributed by atoms with Gasteiger partial charge in [0, 0.05) is 17.9 Å². The molecule has 0 saturated carbocycles. The second-order valence-electron chi connectivity index (χ2n) is 4.66. The van der Waals surface area contributed by atoms with Crippen molar-refractivity contribution in [3.8, 4) is 0 Å². The van der Waals surface area contributed by atoms with Crippen molar-refractivity contribution in [2.45, 2.75) is 13.3 Å². The van der Waals surface area contributed by atoms with E-state index in [9.17, 15) is 4.79 Å².